The molecule has 0 fully saturated rings. The van der Waals surface area contributed by atoms with E-state index < -0.39 is 0 Å². The lowest BCUT2D eigenvalue weighted by Gasteiger charge is -2.09. The number of amides is 2. The summed E-state index contributed by atoms with van der Waals surface area (Å²) in [7, 11) is 0. The first-order valence-electron chi connectivity index (χ1n) is 6.03. The number of rotatable bonds is 6. The van der Waals surface area contributed by atoms with Gasteiger partial charge in [0.2, 0.25) is 0 Å². The van der Waals surface area contributed by atoms with Gasteiger partial charge in [0, 0.05) is 18.1 Å². The summed E-state index contributed by atoms with van der Waals surface area (Å²) >= 11 is 5.47. The molecule has 0 bridgehead atoms. The summed E-state index contributed by atoms with van der Waals surface area (Å²) in [6.07, 6.45) is 1.06. The molecule has 3 N–H and O–H groups in total. The van der Waals surface area contributed by atoms with Crippen LogP contribution in [0.4, 0.5) is 10.5 Å². The zero-order valence-electron chi connectivity index (χ0n) is 10.4. The molecule has 1 unspecified atom stereocenters. The third kappa shape index (κ3) is 5.38. The number of hydrogen-bond donors (Lipinski definition) is 3. The lowest BCUT2D eigenvalue weighted by atomic mass is 10.1. The van der Waals surface area contributed by atoms with Crippen LogP contribution in [0.2, 0.25) is 0 Å². The second-order valence-electron chi connectivity index (χ2n) is 4.03. The summed E-state index contributed by atoms with van der Waals surface area (Å²) in [6, 6.07) is 7.17. The van der Waals surface area contributed by atoms with E-state index in [1.54, 1.807) is 0 Å². The summed E-state index contributed by atoms with van der Waals surface area (Å²) in [6.45, 7) is 2.38. The van der Waals surface area contributed by atoms with E-state index in [1.807, 2.05) is 31.2 Å². The van der Waals surface area contributed by atoms with Gasteiger partial charge < -0.3 is 15.7 Å². The van der Waals surface area contributed by atoms with Crippen LogP contribution in [-0.4, -0.2) is 29.7 Å². The van der Waals surface area contributed by atoms with Gasteiger partial charge in [-0.1, -0.05) is 19.1 Å². The molecule has 1 rings (SSSR count). The van der Waals surface area contributed by atoms with Crippen molar-refractivity contribution in [3.05, 3.63) is 29.8 Å². The van der Waals surface area contributed by atoms with Gasteiger partial charge in [-0.25, -0.2) is 4.79 Å². The van der Waals surface area contributed by atoms with Gasteiger partial charge in [0.1, 0.15) is 0 Å². The van der Waals surface area contributed by atoms with Gasteiger partial charge in [-0.3, -0.25) is 0 Å². The normalized spacial score (nSPS) is 11.9. The summed E-state index contributed by atoms with van der Waals surface area (Å²) in [4.78, 5) is 11.4. The van der Waals surface area contributed by atoms with Crippen molar-refractivity contribution in [1.29, 1.82) is 0 Å². The van der Waals surface area contributed by atoms with Crippen LogP contribution in [0.3, 0.4) is 0 Å². The molecule has 18 heavy (non-hydrogen) atoms. The quantitative estimate of drug-likeness (QED) is 0.695. The minimum Gasteiger partial charge on any atom is -0.393 e. The van der Waals surface area contributed by atoms with Crippen molar-refractivity contribution in [3.63, 3.8) is 0 Å². The van der Waals surface area contributed by atoms with Crippen LogP contribution in [0.1, 0.15) is 18.9 Å². The van der Waals surface area contributed by atoms with Crippen LogP contribution in [0.15, 0.2) is 24.3 Å². The number of benzene rings is 1. The van der Waals surface area contributed by atoms with E-state index in [2.05, 4.69) is 10.6 Å². The van der Waals surface area contributed by atoms with Crippen molar-refractivity contribution in [2.45, 2.75) is 25.9 Å². The molecular formula is C13H19ClN2O2. The SMILES string of the molecule is CCC(O)Cc1ccc(NC(=O)NCCCl)cc1. The van der Waals surface area contributed by atoms with E-state index in [4.69, 9.17) is 11.6 Å². The molecule has 0 aliphatic heterocycles. The molecule has 0 spiro atoms. The first-order chi connectivity index (χ1) is 8.65. The molecule has 0 heterocycles. The average Bonchev–Trinajstić information content (AvgIpc) is 2.38. The number of nitrogens with one attached hydrogen (secondary N) is 2. The van der Waals surface area contributed by atoms with Crippen LogP contribution >= 0.6 is 11.6 Å². The fourth-order valence-electron chi connectivity index (χ4n) is 1.48. The van der Waals surface area contributed by atoms with Gasteiger partial charge >= 0.3 is 6.03 Å². The zero-order chi connectivity index (χ0) is 13.4. The maximum atomic E-state index is 11.4. The van der Waals surface area contributed by atoms with E-state index in [9.17, 15) is 9.90 Å². The van der Waals surface area contributed by atoms with Gasteiger partial charge in [0.15, 0.2) is 0 Å². The van der Waals surface area contributed by atoms with E-state index >= 15 is 0 Å². The van der Waals surface area contributed by atoms with Crippen LogP contribution in [0.25, 0.3) is 0 Å². The van der Waals surface area contributed by atoms with Gasteiger partial charge in [-0.2, -0.15) is 0 Å². The number of carbonyl (C=O) groups excluding carboxylic acids is 1. The molecule has 0 aliphatic rings. The Balaban J connectivity index is 2.47. The number of alkyl halides is 1. The molecule has 4 nitrogen and oxygen atoms in total. The Hall–Kier alpha value is -1.26. The lowest BCUT2D eigenvalue weighted by molar-refractivity contribution is 0.171. The molecular weight excluding hydrogens is 252 g/mol. The highest BCUT2D eigenvalue weighted by atomic mass is 35.5. The van der Waals surface area contributed by atoms with E-state index in [0.717, 1.165) is 17.7 Å². The number of anilines is 1. The minimum atomic E-state index is -0.309. The van der Waals surface area contributed by atoms with Crippen molar-refractivity contribution in [2.24, 2.45) is 0 Å². The molecule has 1 atom stereocenters. The van der Waals surface area contributed by atoms with Gasteiger partial charge in [0.25, 0.3) is 0 Å². The number of halogens is 1. The second-order valence-corrected chi connectivity index (χ2v) is 4.41. The average molecular weight is 271 g/mol. The molecule has 0 radical (unpaired) electrons. The monoisotopic (exact) mass is 270 g/mol. The fraction of sp³-hybridized carbons (Fsp3) is 0.462. The Kier molecular flexibility index (Phi) is 6.54. The maximum Gasteiger partial charge on any atom is 0.319 e. The summed E-state index contributed by atoms with van der Waals surface area (Å²) < 4.78 is 0. The predicted octanol–water partition coefficient (Wildman–Crippen LogP) is 2.36. The van der Waals surface area contributed by atoms with Crippen LogP contribution in [0.5, 0.6) is 0 Å². The Labute approximate surface area is 112 Å². The first-order valence-corrected chi connectivity index (χ1v) is 6.57. The van der Waals surface area contributed by atoms with Crippen molar-refractivity contribution >= 4 is 23.3 Å². The topological polar surface area (TPSA) is 61.4 Å². The lowest BCUT2D eigenvalue weighted by Crippen LogP contribution is -2.30. The predicted molar refractivity (Wildman–Crippen MR) is 74.2 cm³/mol. The third-order valence-electron chi connectivity index (χ3n) is 2.53. The highest BCUT2D eigenvalue weighted by Crippen LogP contribution is 2.11. The van der Waals surface area contributed by atoms with Crippen LogP contribution < -0.4 is 10.6 Å². The van der Waals surface area contributed by atoms with Gasteiger partial charge in [-0.05, 0) is 30.5 Å². The van der Waals surface area contributed by atoms with Crippen LogP contribution in [-0.2, 0) is 6.42 Å². The zero-order valence-corrected chi connectivity index (χ0v) is 11.2. The number of carbonyl (C=O) groups is 1. The molecule has 5 heteroatoms. The molecule has 0 saturated carbocycles. The maximum absolute atomic E-state index is 11.4. The Bertz CT molecular complexity index is 368. The van der Waals surface area contributed by atoms with Gasteiger partial charge in [-0.15, -0.1) is 11.6 Å². The smallest absolute Gasteiger partial charge is 0.319 e. The highest BCUT2D eigenvalue weighted by Gasteiger charge is 2.04. The molecule has 2 amide bonds. The van der Waals surface area contributed by atoms with E-state index in [0.29, 0.717) is 18.8 Å². The molecule has 0 aliphatic carbocycles. The number of aliphatic hydroxyl groups is 1. The van der Waals surface area contributed by atoms with Crippen molar-refractivity contribution < 1.29 is 9.90 Å². The van der Waals surface area contributed by atoms with Gasteiger partial charge in [0.05, 0.1) is 6.10 Å². The number of hydrogen-bond acceptors (Lipinski definition) is 2. The molecule has 0 saturated heterocycles. The second kappa shape index (κ2) is 7.95. The van der Waals surface area contributed by atoms with Crippen molar-refractivity contribution in [3.8, 4) is 0 Å². The largest absolute Gasteiger partial charge is 0.393 e. The van der Waals surface area contributed by atoms with Crippen LogP contribution in [0, 0.1) is 0 Å². The Morgan fingerprint density at radius 1 is 1.39 bits per heavy atom. The first kappa shape index (κ1) is 14.8. The number of urea groups is 1. The van der Waals surface area contributed by atoms with Crippen molar-refractivity contribution in [2.75, 3.05) is 17.7 Å². The summed E-state index contributed by atoms with van der Waals surface area (Å²) in [5.74, 6) is 0.390. The van der Waals surface area contributed by atoms with Crippen molar-refractivity contribution in [1.82, 2.24) is 5.32 Å². The Morgan fingerprint density at radius 3 is 2.61 bits per heavy atom. The molecule has 1 aromatic carbocycles. The summed E-state index contributed by atoms with van der Waals surface area (Å²) in [5.41, 5.74) is 1.77. The highest BCUT2D eigenvalue weighted by molar-refractivity contribution is 6.18. The van der Waals surface area contributed by atoms with E-state index in [-0.39, 0.29) is 12.1 Å². The minimum absolute atomic E-state index is 0.267. The molecule has 1 aromatic rings. The molecule has 0 aromatic heterocycles. The third-order valence-corrected chi connectivity index (χ3v) is 2.72. The summed E-state index contributed by atoms with van der Waals surface area (Å²) in [5, 5.41) is 14.8. The Morgan fingerprint density at radius 2 is 2.06 bits per heavy atom. The number of aliphatic hydroxyl groups excluding tert-OH is 1. The van der Waals surface area contributed by atoms with E-state index in [1.165, 1.54) is 0 Å². The molecule has 100 valence electrons. The fourth-order valence-corrected chi connectivity index (χ4v) is 1.57. The standard InChI is InChI=1S/C13H19ClN2O2/c1-2-12(17)9-10-3-5-11(6-4-10)16-13(18)15-8-7-14/h3-6,12,17H,2,7-9H2,1H3,(H2,15,16,18).